The van der Waals surface area contributed by atoms with Gasteiger partial charge in [0.05, 0.1) is 6.61 Å². The number of aliphatic hydroxyl groups is 1. The molecular weight excluding hydrogens is 467 g/mol. The number of anilines is 1. The van der Waals surface area contributed by atoms with Gasteiger partial charge in [0.25, 0.3) is 5.88 Å². The Morgan fingerprint density at radius 3 is 2.76 bits per heavy atom. The number of hydrogen-bond acceptors (Lipinski definition) is 9. The molecule has 3 heterocycles. The first-order chi connectivity index (χ1) is 16.4. The van der Waals surface area contributed by atoms with Crippen molar-refractivity contribution in [1.29, 1.82) is 0 Å². The van der Waals surface area contributed by atoms with Crippen LogP contribution in [-0.4, -0.2) is 35.3 Å². The monoisotopic (exact) mass is 485 g/mol. The Balaban J connectivity index is 1.66. The second-order valence-corrected chi connectivity index (χ2v) is 8.09. The molecule has 3 aromatic heterocycles. The average molecular weight is 485 g/mol. The highest BCUT2D eigenvalue weighted by atomic mass is 32.2. The van der Waals surface area contributed by atoms with Crippen molar-refractivity contribution in [3.63, 3.8) is 0 Å². The minimum absolute atomic E-state index is 0.104. The third-order valence-electron chi connectivity index (χ3n) is 4.89. The van der Waals surface area contributed by atoms with Gasteiger partial charge in [-0.15, -0.1) is 0 Å². The molecule has 176 valence electrons. The van der Waals surface area contributed by atoms with Gasteiger partial charge in [0.15, 0.2) is 5.82 Å². The Morgan fingerprint density at radius 2 is 2.03 bits per heavy atom. The van der Waals surface area contributed by atoms with E-state index in [1.807, 2.05) is 0 Å². The van der Waals surface area contributed by atoms with Gasteiger partial charge in [-0.1, -0.05) is 0 Å². The molecule has 4 rings (SSSR count). The number of fused-ring (bicyclic) bond motifs is 1. The predicted molar refractivity (Wildman–Crippen MR) is 120 cm³/mol. The molecular formula is C22H18FN4O6S-. The maximum Gasteiger partial charge on any atom is 0.340 e. The molecule has 2 N–H and O–H groups in total. The number of aliphatic hydroxyl groups excluding tert-OH is 1. The molecule has 0 radical (unpaired) electrons. The van der Waals surface area contributed by atoms with Gasteiger partial charge in [-0.3, -0.25) is 9.63 Å². The first kappa shape index (κ1) is 23.4. The summed E-state index contributed by atoms with van der Waals surface area (Å²) in [5.41, 5.74) is 3.31. The van der Waals surface area contributed by atoms with Crippen LogP contribution in [0.4, 0.5) is 10.2 Å². The van der Waals surface area contributed by atoms with E-state index in [9.17, 15) is 23.1 Å². The molecule has 0 aliphatic rings. The van der Waals surface area contributed by atoms with E-state index in [1.54, 1.807) is 24.3 Å². The highest BCUT2D eigenvalue weighted by Gasteiger charge is 2.16. The topological polar surface area (TPSA) is 141 Å². The summed E-state index contributed by atoms with van der Waals surface area (Å²) < 4.78 is 47.6. The Bertz CT molecular complexity index is 1430. The SMILES string of the molecule is CN(Nc1cc(Cc2c(CO)c3ccc(Oc4ncccc4F)cc3oc2=O)ccn1)S(=O)[O-]. The van der Waals surface area contributed by atoms with Crippen LogP contribution < -0.4 is 15.8 Å². The van der Waals surface area contributed by atoms with Crippen LogP contribution in [0.3, 0.4) is 0 Å². The summed E-state index contributed by atoms with van der Waals surface area (Å²) in [6.45, 7) is -0.430. The quantitative estimate of drug-likeness (QED) is 0.219. The third kappa shape index (κ3) is 5.10. The van der Waals surface area contributed by atoms with Crippen molar-refractivity contribution in [1.82, 2.24) is 14.4 Å². The van der Waals surface area contributed by atoms with Crippen LogP contribution in [0.2, 0.25) is 0 Å². The molecule has 1 atom stereocenters. The zero-order chi connectivity index (χ0) is 24.2. The largest absolute Gasteiger partial charge is 0.758 e. The zero-order valence-corrected chi connectivity index (χ0v) is 18.5. The second-order valence-electron chi connectivity index (χ2n) is 7.11. The standard InChI is InChI=1S/C22H19FN4O6S/c1-27(34(30)31)26-20-10-13(6-8-24-20)9-16-17(12-28)15-5-4-14(11-19(15)33-22(16)29)32-21-18(23)3-2-7-25-21/h2-8,10-11,28H,9,12H2,1H3,(H,24,26)(H,30,31)/p-1. The number of hydrogen-bond donors (Lipinski definition) is 2. The maximum atomic E-state index is 13.8. The van der Waals surface area contributed by atoms with Crippen LogP contribution in [0.5, 0.6) is 11.6 Å². The van der Waals surface area contributed by atoms with Crippen LogP contribution in [0.1, 0.15) is 16.7 Å². The fraction of sp³-hybridized carbons (Fsp3) is 0.136. The van der Waals surface area contributed by atoms with E-state index < -0.39 is 29.3 Å². The molecule has 34 heavy (non-hydrogen) atoms. The Kier molecular flexibility index (Phi) is 6.93. The summed E-state index contributed by atoms with van der Waals surface area (Å²) in [6.07, 6.45) is 2.95. The molecule has 1 aromatic carbocycles. The number of hydrazine groups is 1. The van der Waals surface area contributed by atoms with Gasteiger partial charge >= 0.3 is 5.63 Å². The number of halogens is 1. The lowest BCUT2D eigenvalue weighted by molar-refractivity contribution is 0.281. The lowest BCUT2D eigenvalue weighted by Crippen LogP contribution is -2.27. The summed E-state index contributed by atoms with van der Waals surface area (Å²) >= 11 is -2.50. The van der Waals surface area contributed by atoms with E-state index in [0.717, 1.165) is 4.41 Å². The molecule has 4 aromatic rings. The van der Waals surface area contributed by atoms with Crippen molar-refractivity contribution in [2.75, 3.05) is 12.5 Å². The Hall–Kier alpha value is -3.71. The molecule has 0 aliphatic heterocycles. The smallest absolute Gasteiger partial charge is 0.340 e. The number of benzene rings is 1. The van der Waals surface area contributed by atoms with Crippen molar-refractivity contribution >= 4 is 28.1 Å². The first-order valence-corrected chi connectivity index (χ1v) is 10.9. The molecule has 12 heteroatoms. The Morgan fingerprint density at radius 1 is 1.21 bits per heavy atom. The highest BCUT2D eigenvalue weighted by Crippen LogP contribution is 2.29. The number of nitrogens with zero attached hydrogens (tertiary/aromatic N) is 3. The summed E-state index contributed by atoms with van der Waals surface area (Å²) in [7, 11) is 1.31. The average Bonchev–Trinajstić information content (AvgIpc) is 2.81. The van der Waals surface area contributed by atoms with Crippen LogP contribution in [0.25, 0.3) is 11.0 Å². The van der Waals surface area contributed by atoms with Crippen LogP contribution >= 0.6 is 0 Å². The molecule has 0 aliphatic carbocycles. The summed E-state index contributed by atoms with van der Waals surface area (Å²) in [4.78, 5) is 20.7. The number of ether oxygens (including phenoxy) is 1. The minimum Gasteiger partial charge on any atom is -0.758 e. The van der Waals surface area contributed by atoms with Gasteiger partial charge < -0.3 is 18.8 Å². The van der Waals surface area contributed by atoms with E-state index in [2.05, 4.69) is 15.4 Å². The lowest BCUT2D eigenvalue weighted by atomic mass is 9.99. The van der Waals surface area contributed by atoms with Crippen molar-refractivity contribution < 1.29 is 27.4 Å². The molecule has 0 spiro atoms. The van der Waals surface area contributed by atoms with E-state index in [-0.39, 0.29) is 35.0 Å². The summed E-state index contributed by atoms with van der Waals surface area (Å²) in [5, 5.41) is 10.5. The number of aromatic nitrogens is 2. The van der Waals surface area contributed by atoms with Crippen LogP contribution in [0.15, 0.2) is 64.1 Å². The second kappa shape index (κ2) is 10.1. The number of nitrogens with one attached hydrogen (secondary N) is 1. The molecule has 1 unspecified atom stereocenters. The van der Waals surface area contributed by atoms with E-state index in [0.29, 0.717) is 16.5 Å². The third-order valence-corrected chi connectivity index (χ3v) is 5.43. The highest BCUT2D eigenvalue weighted by molar-refractivity contribution is 7.76. The van der Waals surface area contributed by atoms with Gasteiger partial charge in [0, 0.05) is 54.1 Å². The summed E-state index contributed by atoms with van der Waals surface area (Å²) in [5.74, 6) is -0.413. The van der Waals surface area contributed by atoms with Gasteiger partial charge in [0.2, 0.25) is 0 Å². The number of pyridine rings is 2. The molecule has 0 saturated heterocycles. The first-order valence-electron chi connectivity index (χ1n) is 9.88. The van der Waals surface area contributed by atoms with E-state index in [4.69, 9.17) is 9.15 Å². The van der Waals surface area contributed by atoms with Crippen molar-refractivity contribution in [2.45, 2.75) is 13.0 Å². The van der Waals surface area contributed by atoms with Gasteiger partial charge in [-0.2, -0.15) is 4.41 Å². The molecule has 0 amide bonds. The molecule has 0 saturated carbocycles. The zero-order valence-electron chi connectivity index (χ0n) is 17.7. The lowest BCUT2D eigenvalue weighted by Gasteiger charge is -2.20. The predicted octanol–water partition coefficient (Wildman–Crippen LogP) is 2.65. The fourth-order valence-corrected chi connectivity index (χ4v) is 3.48. The van der Waals surface area contributed by atoms with Crippen LogP contribution in [0, 0.1) is 5.82 Å². The number of rotatable bonds is 8. The van der Waals surface area contributed by atoms with Crippen molar-refractivity contribution in [3.05, 3.63) is 87.8 Å². The van der Waals surface area contributed by atoms with E-state index >= 15 is 0 Å². The van der Waals surface area contributed by atoms with Crippen LogP contribution in [-0.2, 0) is 24.3 Å². The van der Waals surface area contributed by atoms with E-state index in [1.165, 1.54) is 37.6 Å². The van der Waals surface area contributed by atoms with Crippen molar-refractivity contribution in [2.24, 2.45) is 0 Å². The molecule has 10 nitrogen and oxygen atoms in total. The molecule has 0 bridgehead atoms. The van der Waals surface area contributed by atoms with Gasteiger partial charge in [0.1, 0.15) is 17.2 Å². The Labute approximate surface area is 195 Å². The molecule has 0 fully saturated rings. The maximum absolute atomic E-state index is 13.8. The summed E-state index contributed by atoms with van der Waals surface area (Å²) in [6, 6.07) is 10.4. The van der Waals surface area contributed by atoms with Gasteiger partial charge in [-0.25, -0.2) is 19.2 Å². The normalized spacial score (nSPS) is 12.1. The van der Waals surface area contributed by atoms with Gasteiger partial charge in [-0.05, 0) is 47.5 Å². The fourth-order valence-electron chi connectivity index (χ4n) is 3.31. The minimum atomic E-state index is -2.50. The van der Waals surface area contributed by atoms with Crippen molar-refractivity contribution in [3.8, 4) is 11.6 Å².